The number of benzene rings is 1. The number of hydrogen-bond donors (Lipinski definition) is 1. The van der Waals surface area contributed by atoms with Crippen molar-refractivity contribution in [3.05, 3.63) is 35.5 Å². The van der Waals surface area contributed by atoms with E-state index in [4.69, 9.17) is 21.1 Å². The predicted octanol–water partition coefficient (Wildman–Crippen LogP) is 3.72. The zero-order chi connectivity index (χ0) is 20.4. The van der Waals surface area contributed by atoms with Gasteiger partial charge in [0.05, 0.1) is 24.9 Å². The number of nitrogens with one attached hydrogen (secondary N) is 1. The van der Waals surface area contributed by atoms with Gasteiger partial charge in [0.1, 0.15) is 21.8 Å². The number of carbonyl (C=O) groups is 1. The quantitative estimate of drug-likeness (QED) is 0.675. The van der Waals surface area contributed by atoms with Gasteiger partial charge in [0, 0.05) is 38.4 Å². The molecule has 0 bridgehead atoms. The maximum absolute atomic E-state index is 12.7. The fraction of sp³-hybridized carbons (Fsp3) is 0.316. The number of methoxy groups -OCH3 is 2. The van der Waals surface area contributed by atoms with Gasteiger partial charge in [-0.25, -0.2) is 14.8 Å². The number of nitrogens with zero attached hydrogens (tertiary/aromatic N) is 4. The molecule has 2 amide bonds. The van der Waals surface area contributed by atoms with Gasteiger partial charge in [-0.05, 0) is 18.2 Å². The van der Waals surface area contributed by atoms with Crippen molar-refractivity contribution in [2.75, 3.05) is 50.6 Å². The van der Waals surface area contributed by atoms with E-state index < -0.39 is 0 Å². The number of halogens is 1. The number of carbonyl (C=O) groups excluding carboxylic acids is 1. The molecule has 1 aliphatic rings. The first kappa shape index (κ1) is 19.5. The van der Waals surface area contributed by atoms with Crippen LogP contribution < -0.4 is 19.7 Å². The summed E-state index contributed by atoms with van der Waals surface area (Å²) < 4.78 is 10.5. The van der Waals surface area contributed by atoms with Crippen molar-refractivity contribution in [1.29, 1.82) is 0 Å². The number of thiazole rings is 1. The Morgan fingerprint density at radius 2 is 1.93 bits per heavy atom. The van der Waals surface area contributed by atoms with Crippen LogP contribution in [0.3, 0.4) is 0 Å². The van der Waals surface area contributed by atoms with E-state index in [2.05, 4.69) is 20.2 Å². The number of ether oxygens (including phenoxy) is 2. The molecule has 3 heterocycles. The lowest BCUT2D eigenvalue weighted by Gasteiger charge is -2.34. The Kier molecular flexibility index (Phi) is 5.59. The van der Waals surface area contributed by atoms with Crippen LogP contribution >= 0.6 is 22.9 Å². The van der Waals surface area contributed by atoms with Crippen LogP contribution in [0.15, 0.2) is 30.5 Å². The molecule has 29 heavy (non-hydrogen) atoms. The standard InChI is InChI=1S/C19H20ClN5O3S/c1-27-15-11-16(28-2)14(10-12(15)20)22-18(26)24-6-8-25(9-7-24)19-23-13-4-3-5-21-17(13)29-19/h3-5,10-11H,6-9H2,1-2H3,(H,22,26). The fourth-order valence-electron chi connectivity index (χ4n) is 3.15. The minimum Gasteiger partial charge on any atom is -0.495 e. The molecule has 1 fully saturated rings. The van der Waals surface area contributed by atoms with Crippen LogP contribution in [0.1, 0.15) is 0 Å². The molecule has 152 valence electrons. The maximum atomic E-state index is 12.7. The number of aromatic nitrogens is 2. The van der Waals surface area contributed by atoms with E-state index in [0.29, 0.717) is 48.4 Å². The third-order valence-corrected chi connectivity index (χ3v) is 6.04. The van der Waals surface area contributed by atoms with E-state index in [-0.39, 0.29) is 6.03 Å². The van der Waals surface area contributed by atoms with Gasteiger partial charge in [0.15, 0.2) is 5.13 Å². The molecule has 1 N–H and O–H groups in total. The van der Waals surface area contributed by atoms with Gasteiger partial charge >= 0.3 is 6.03 Å². The topological polar surface area (TPSA) is 79.8 Å². The van der Waals surface area contributed by atoms with E-state index >= 15 is 0 Å². The van der Waals surface area contributed by atoms with Crippen LogP contribution in [0.2, 0.25) is 5.02 Å². The summed E-state index contributed by atoms with van der Waals surface area (Å²) in [6.07, 6.45) is 1.77. The summed E-state index contributed by atoms with van der Waals surface area (Å²) in [5.41, 5.74) is 1.40. The molecular formula is C19H20ClN5O3S. The Bertz CT molecular complexity index is 1000. The Morgan fingerprint density at radius 3 is 2.62 bits per heavy atom. The van der Waals surface area contributed by atoms with E-state index in [9.17, 15) is 4.79 Å². The number of hydrogen-bond acceptors (Lipinski definition) is 7. The number of rotatable bonds is 4. The number of fused-ring (bicyclic) bond motifs is 1. The molecule has 0 unspecified atom stereocenters. The summed E-state index contributed by atoms with van der Waals surface area (Å²) in [4.78, 5) is 26.6. The summed E-state index contributed by atoms with van der Waals surface area (Å²) in [6, 6.07) is 6.92. The summed E-state index contributed by atoms with van der Waals surface area (Å²) in [7, 11) is 3.06. The highest BCUT2D eigenvalue weighted by atomic mass is 35.5. The minimum atomic E-state index is -0.199. The fourth-order valence-corrected chi connectivity index (χ4v) is 4.35. The van der Waals surface area contributed by atoms with E-state index in [0.717, 1.165) is 15.5 Å². The lowest BCUT2D eigenvalue weighted by atomic mass is 10.2. The number of pyridine rings is 1. The minimum absolute atomic E-state index is 0.199. The van der Waals surface area contributed by atoms with Crippen molar-refractivity contribution in [2.45, 2.75) is 0 Å². The molecule has 3 aromatic rings. The zero-order valence-corrected chi connectivity index (χ0v) is 17.6. The number of amides is 2. The molecule has 0 atom stereocenters. The van der Waals surface area contributed by atoms with Crippen molar-refractivity contribution >= 4 is 50.1 Å². The average molecular weight is 434 g/mol. The Labute approximate surface area is 177 Å². The number of anilines is 2. The van der Waals surface area contributed by atoms with Crippen LogP contribution in [0.25, 0.3) is 10.3 Å². The predicted molar refractivity (Wildman–Crippen MR) is 115 cm³/mol. The molecule has 0 aliphatic carbocycles. The van der Waals surface area contributed by atoms with Crippen molar-refractivity contribution < 1.29 is 14.3 Å². The Hall–Kier alpha value is -2.78. The second-order valence-electron chi connectivity index (χ2n) is 6.42. The van der Waals surface area contributed by atoms with Crippen LogP contribution in [-0.4, -0.2) is 61.3 Å². The van der Waals surface area contributed by atoms with Crippen molar-refractivity contribution in [2.24, 2.45) is 0 Å². The van der Waals surface area contributed by atoms with Crippen LogP contribution in [0.4, 0.5) is 15.6 Å². The molecule has 10 heteroatoms. The van der Waals surface area contributed by atoms with Crippen molar-refractivity contribution in [1.82, 2.24) is 14.9 Å². The molecule has 0 radical (unpaired) electrons. The summed E-state index contributed by atoms with van der Waals surface area (Å²) in [5, 5.41) is 4.21. The average Bonchev–Trinajstić information content (AvgIpc) is 3.18. The number of urea groups is 1. The second kappa shape index (κ2) is 8.30. The SMILES string of the molecule is COc1cc(OC)c(NC(=O)N2CCN(c3nc4cccnc4s3)CC2)cc1Cl. The Morgan fingerprint density at radius 1 is 1.17 bits per heavy atom. The molecule has 0 spiro atoms. The van der Waals surface area contributed by atoms with Crippen LogP contribution in [0.5, 0.6) is 11.5 Å². The van der Waals surface area contributed by atoms with E-state index in [1.54, 1.807) is 34.6 Å². The largest absolute Gasteiger partial charge is 0.495 e. The zero-order valence-electron chi connectivity index (χ0n) is 16.0. The normalized spacial score (nSPS) is 14.2. The van der Waals surface area contributed by atoms with Crippen LogP contribution in [-0.2, 0) is 0 Å². The highest BCUT2D eigenvalue weighted by Crippen LogP contribution is 2.36. The Balaban J connectivity index is 1.41. The smallest absolute Gasteiger partial charge is 0.322 e. The van der Waals surface area contributed by atoms with Gasteiger partial charge in [0.25, 0.3) is 0 Å². The molecule has 2 aromatic heterocycles. The van der Waals surface area contributed by atoms with Crippen molar-refractivity contribution in [3.8, 4) is 11.5 Å². The monoisotopic (exact) mass is 433 g/mol. The molecule has 1 aromatic carbocycles. The van der Waals surface area contributed by atoms with Gasteiger partial charge in [-0.2, -0.15) is 0 Å². The molecular weight excluding hydrogens is 414 g/mol. The lowest BCUT2D eigenvalue weighted by Crippen LogP contribution is -2.50. The third kappa shape index (κ3) is 4.01. The lowest BCUT2D eigenvalue weighted by molar-refractivity contribution is 0.208. The summed E-state index contributed by atoms with van der Waals surface area (Å²) in [5.74, 6) is 0.973. The number of piperazine rings is 1. The molecule has 0 saturated carbocycles. The van der Waals surface area contributed by atoms with Gasteiger partial charge in [-0.15, -0.1) is 0 Å². The van der Waals surface area contributed by atoms with Gasteiger partial charge in [-0.3, -0.25) is 0 Å². The summed E-state index contributed by atoms with van der Waals surface area (Å²) in [6.45, 7) is 2.57. The first-order valence-electron chi connectivity index (χ1n) is 9.03. The molecule has 4 rings (SSSR count). The maximum Gasteiger partial charge on any atom is 0.322 e. The van der Waals surface area contributed by atoms with E-state index in [1.165, 1.54) is 14.2 Å². The summed E-state index contributed by atoms with van der Waals surface area (Å²) >= 11 is 7.75. The highest BCUT2D eigenvalue weighted by Gasteiger charge is 2.24. The van der Waals surface area contributed by atoms with Gasteiger partial charge in [0.2, 0.25) is 0 Å². The first-order chi connectivity index (χ1) is 14.1. The highest BCUT2D eigenvalue weighted by molar-refractivity contribution is 7.21. The van der Waals surface area contributed by atoms with Gasteiger partial charge in [-0.1, -0.05) is 22.9 Å². The van der Waals surface area contributed by atoms with Crippen LogP contribution in [0, 0.1) is 0 Å². The molecule has 8 nitrogen and oxygen atoms in total. The first-order valence-corrected chi connectivity index (χ1v) is 10.2. The molecule has 1 saturated heterocycles. The van der Waals surface area contributed by atoms with E-state index in [1.807, 2.05) is 12.1 Å². The van der Waals surface area contributed by atoms with Gasteiger partial charge < -0.3 is 24.6 Å². The third-order valence-electron chi connectivity index (χ3n) is 4.71. The van der Waals surface area contributed by atoms with Crippen molar-refractivity contribution in [3.63, 3.8) is 0 Å². The second-order valence-corrected chi connectivity index (χ2v) is 7.78. The molecule has 1 aliphatic heterocycles.